The highest BCUT2D eigenvalue weighted by Gasteiger charge is 2.24. The maximum atomic E-state index is 11.6. The van der Waals surface area contributed by atoms with Gasteiger partial charge >= 0.3 is 0 Å². The maximum absolute atomic E-state index is 11.6. The zero-order valence-electron chi connectivity index (χ0n) is 9.43. The van der Waals surface area contributed by atoms with Crippen molar-refractivity contribution in [3.63, 3.8) is 0 Å². The van der Waals surface area contributed by atoms with Crippen LogP contribution in [0, 0.1) is 0 Å². The van der Waals surface area contributed by atoms with Gasteiger partial charge in [-0.1, -0.05) is 30.3 Å². The smallest absolute Gasteiger partial charge is 0.240 e. The predicted molar refractivity (Wildman–Crippen MR) is 64.1 cm³/mol. The maximum Gasteiger partial charge on any atom is 0.240 e. The van der Waals surface area contributed by atoms with Gasteiger partial charge in [0.15, 0.2) is 0 Å². The molecular formula is C12H16ClNO2. The minimum atomic E-state index is -0.846. The van der Waals surface area contributed by atoms with Crippen molar-refractivity contribution in [2.45, 2.75) is 26.1 Å². The van der Waals surface area contributed by atoms with Crippen LogP contribution < -0.4 is 0 Å². The summed E-state index contributed by atoms with van der Waals surface area (Å²) in [6.45, 7) is 3.43. The Hall–Kier alpha value is -1.06. The standard InChI is InChI=1S/C12H16ClNO2/c1-9(11-6-4-3-5-7-11)14(10(2)15)12(16)8-13/h3-7,9-10,15H,8H2,1-2H3/t9-,10?/m0/s1. The molecule has 2 atom stereocenters. The van der Waals surface area contributed by atoms with Crippen molar-refractivity contribution in [3.8, 4) is 0 Å². The summed E-state index contributed by atoms with van der Waals surface area (Å²) < 4.78 is 0. The van der Waals surface area contributed by atoms with Gasteiger partial charge in [-0.25, -0.2) is 0 Å². The molecule has 1 unspecified atom stereocenters. The molecule has 0 aliphatic rings. The summed E-state index contributed by atoms with van der Waals surface area (Å²) >= 11 is 5.52. The Labute approximate surface area is 101 Å². The number of halogens is 1. The fourth-order valence-electron chi connectivity index (χ4n) is 1.71. The molecule has 0 saturated carbocycles. The number of alkyl halides is 1. The van der Waals surface area contributed by atoms with E-state index in [1.807, 2.05) is 37.3 Å². The number of amides is 1. The largest absolute Gasteiger partial charge is 0.374 e. The summed E-state index contributed by atoms with van der Waals surface area (Å²) in [5.41, 5.74) is 0.974. The van der Waals surface area contributed by atoms with Crippen molar-refractivity contribution < 1.29 is 9.90 Å². The van der Waals surface area contributed by atoms with Gasteiger partial charge in [-0.3, -0.25) is 4.79 Å². The van der Waals surface area contributed by atoms with Crippen molar-refractivity contribution in [1.29, 1.82) is 0 Å². The normalized spacial score (nSPS) is 14.2. The molecule has 1 N–H and O–H groups in total. The molecule has 4 heteroatoms. The molecular weight excluding hydrogens is 226 g/mol. The van der Waals surface area contributed by atoms with E-state index in [2.05, 4.69) is 0 Å². The second-order valence-corrected chi connectivity index (χ2v) is 3.92. The SMILES string of the molecule is CC(O)N(C(=O)CCl)[C@@H](C)c1ccccc1. The second kappa shape index (κ2) is 5.87. The Balaban J connectivity index is 2.92. The molecule has 0 aliphatic heterocycles. The fraction of sp³-hybridized carbons (Fsp3) is 0.417. The topological polar surface area (TPSA) is 40.5 Å². The Bertz CT molecular complexity index is 340. The molecule has 1 aromatic rings. The molecule has 0 radical (unpaired) electrons. The van der Waals surface area contributed by atoms with Crippen LogP contribution in [0.25, 0.3) is 0 Å². The van der Waals surface area contributed by atoms with E-state index >= 15 is 0 Å². The fourth-order valence-corrected chi connectivity index (χ4v) is 1.85. The van der Waals surface area contributed by atoms with Gasteiger partial charge in [0, 0.05) is 0 Å². The highest BCUT2D eigenvalue weighted by atomic mass is 35.5. The highest BCUT2D eigenvalue weighted by molar-refractivity contribution is 6.27. The van der Waals surface area contributed by atoms with Crippen LogP contribution in [0.3, 0.4) is 0 Å². The van der Waals surface area contributed by atoms with Crippen LogP contribution in [0.2, 0.25) is 0 Å². The Morgan fingerprint density at radius 3 is 2.38 bits per heavy atom. The monoisotopic (exact) mass is 241 g/mol. The third-order valence-electron chi connectivity index (χ3n) is 2.50. The lowest BCUT2D eigenvalue weighted by molar-refractivity contribution is -0.141. The van der Waals surface area contributed by atoms with Gasteiger partial charge in [-0.15, -0.1) is 11.6 Å². The number of aliphatic hydroxyl groups excluding tert-OH is 1. The van der Waals surface area contributed by atoms with Crippen LogP contribution in [-0.2, 0) is 4.79 Å². The third kappa shape index (κ3) is 2.97. The Morgan fingerprint density at radius 2 is 1.94 bits per heavy atom. The van der Waals surface area contributed by atoms with Crippen LogP contribution in [0.1, 0.15) is 25.5 Å². The van der Waals surface area contributed by atoms with Crippen molar-refractivity contribution in [2.75, 3.05) is 5.88 Å². The summed E-state index contributed by atoms with van der Waals surface area (Å²) in [6.07, 6.45) is -0.846. The van der Waals surface area contributed by atoms with Crippen LogP contribution >= 0.6 is 11.6 Å². The van der Waals surface area contributed by atoms with E-state index in [1.54, 1.807) is 6.92 Å². The Morgan fingerprint density at radius 1 is 1.38 bits per heavy atom. The van der Waals surface area contributed by atoms with E-state index in [0.29, 0.717) is 0 Å². The summed E-state index contributed by atoms with van der Waals surface area (Å²) in [7, 11) is 0. The first kappa shape index (κ1) is 13.0. The van der Waals surface area contributed by atoms with Gasteiger partial charge in [0.05, 0.1) is 6.04 Å². The molecule has 3 nitrogen and oxygen atoms in total. The average Bonchev–Trinajstić information content (AvgIpc) is 2.29. The molecule has 0 saturated heterocycles. The molecule has 0 heterocycles. The molecule has 0 fully saturated rings. The molecule has 1 aromatic carbocycles. The number of rotatable bonds is 4. The van der Waals surface area contributed by atoms with Gasteiger partial charge in [0.1, 0.15) is 12.1 Å². The zero-order chi connectivity index (χ0) is 12.1. The van der Waals surface area contributed by atoms with Gasteiger partial charge < -0.3 is 10.0 Å². The number of hydrogen-bond donors (Lipinski definition) is 1. The average molecular weight is 242 g/mol. The molecule has 1 rings (SSSR count). The van der Waals surface area contributed by atoms with E-state index < -0.39 is 6.23 Å². The molecule has 0 aromatic heterocycles. The van der Waals surface area contributed by atoms with Gasteiger partial charge in [-0.2, -0.15) is 0 Å². The summed E-state index contributed by atoms with van der Waals surface area (Å²) in [6, 6.07) is 9.36. The van der Waals surface area contributed by atoms with Crippen molar-refractivity contribution in [2.24, 2.45) is 0 Å². The van der Waals surface area contributed by atoms with Crippen molar-refractivity contribution in [3.05, 3.63) is 35.9 Å². The van der Waals surface area contributed by atoms with Gasteiger partial charge in [-0.05, 0) is 19.4 Å². The number of carbonyl (C=O) groups is 1. The first-order valence-corrected chi connectivity index (χ1v) is 5.71. The highest BCUT2D eigenvalue weighted by Crippen LogP contribution is 2.21. The molecule has 0 spiro atoms. The predicted octanol–water partition coefficient (Wildman–Crippen LogP) is 2.15. The first-order valence-electron chi connectivity index (χ1n) is 5.18. The van der Waals surface area contributed by atoms with E-state index in [1.165, 1.54) is 4.90 Å². The molecule has 0 bridgehead atoms. The quantitative estimate of drug-likeness (QED) is 0.648. The summed E-state index contributed by atoms with van der Waals surface area (Å²) in [4.78, 5) is 13.0. The van der Waals surface area contributed by atoms with Gasteiger partial charge in [0.2, 0.25) is 5.91 Å². The van der Waals surface area contributed by atoms with Crippen LogP contribution in [0.4, 0.5) is 0 Å². The van der Waals surface area contributed by atoms with E-state index in [4.69, 9.17) is 11.6 Å². The van der Waals surface area contributed by atoms with E-state index in [-0.39, 0.29) is 17.8 Å². The first-order chi connectivity index (χ1) is 7.57. The number of benzene rings is 1. The van der Waals surface area contributed by atoms with Crippen LogP contribution in [0.5, 0.6) is 0 Å². The number of nitrogens with zero attached hydrogens (tertiary/aromatic N) is 1. The lowest BCUT2D eigenvalue weighted by Gasteiger charge is -2.31. The minimum Gasteiger partial charge on any atom is -0.374 e. The molecule has 1 amide bonds. The minimum absolute atomic E-state index is 0.123. The number of hydrogen-bond acceptors (Lipinski definition) is 2. The lowest BCUT2D eigenvalue weighted by atomic mass is 10.1. The summed E-state index contributed by atoms with van der Waals surface area (Å²) in [5.74, 6) is -0.393. The molecule has 0 aliphatic carbocycles. The number of aliphatic hydroxyl groups is 1. The molecule has 88 valence electrons. The van der Waals surface area contributed by atoms with Crippen LogP contribution in [-0.4, -0.2) is 28.0 Å². The van der Waals surface area contributed by atoms with Crippen molar-refractivity contribution >= 4 is 17.5 Å². The van der Waals surface area contributed by atoms with E-state index in [9.17, 15) is 9.90 Å². The Kier molecular flexibility index (Phi) is 4.77. The molecule has 16 heavy (non-hydrogen) atoms. The number of carbonyl (C=O) groups excluding carboxylic acids is 1. The summed E-state index contributed by atoms with van der Waals surface area (Å²) in [5, 5.41) is 9.59. The van der Waals surface area contributed by atoms with E-state index in [0.717, 1.165) is 5.56 Å². The third-order valence-corrected chi connectivity index (χ3v) is 2.73. The second-order valence-electron chi connectivity index (χ2n) is 3.65. The van der Waals surface area contributed by atoms with Gasteiger partial charge in [0.25, 0.3) is 0 Å². The van der Waals surface area contributed by atoms with Crippen molar-refractivity contribution in [1.82, 2.24) is 4.90 Å². The lowest BCUT2D eigenvalue weighted by Crippen LogP contribution is -2.41. The zero-order valence-corrected chi connectivity index (χ0v) is 10.2. The van der Waals surface area contributed by atoms with Crippen LogP contribution in [0.15, 0.2) is 30.3 Å².